The van der Waals surface area contributed by atoms with Crippen LogP contribution in [0.15, 0.2) is 36.8 Å². The topological polar surface area (TPSA) is 90.1 Å². The van der Waals surface area contributed by atoms with E-state index in [2.05, 4.69) is 15.3 Å². The molecular formula is C13H14N4O2. The van der Waals surface area contributed by atoms with E-state index >= 15 is 0 Å². The minimum atomic E-state index is -0.298. The van der Waals surface area contributed by atoms with Crippen molar-refractivity contribution in [3.63, 3.8) is 0 Å². The van der Waals surface area contributed by atoms with Crippen LogP contribution in [0.4, 0.5) is 5.69 Å². The Balaban J connectivity index is 2.12. The van der Waals surface area contributed by atoms with Crippen molar-refractivity contribution in [3.05, 3.63) is 48.0 Å². The Bertz CT molecular complexity index is 572. The molecule has 1 heterocycles. The molecule has 0 spiro atoms. The van der Waals surface area contributed by atoms with Crippen molar-refractivity contribution in [1.82, 2.24) is 15.3 Å². The number of rotatable bonds is 4. The molecule has 98 valence electrons. The maximum absolute atomic E-state index is 12.1. The molecule has 19 heavy (non-hydrogen) atoms. The van der Waals surface area contributed by atoms with Crippen LogP contribution in [0.5, 0.6) is 5.75 Å². The number of benzene rings is 1. The molecule has 0 fully saturated rings. The molecule has 0 unspecified atom stereocenters. The average molecular weight is 258 g/mol. The normalized spacial score (nSPS) is 9.95. The number of nitrogens with two attached hydrogens (primary N) is 1. The minimum Gasteiger partial charge on any atom is -0.496 e. The quantitative estimate of drug-likeness (QED) is 0.798. The van der Waals surface area contributed by atoms with Crippen molar-refractivity contribution in [2.24, 2.45) is 0 Å². The van der Waals surface area contributed by atoms with Gasteiger partial charge in [0, 0.05) is 11.9 Å². The second-order valence-corrected chi connectivity index (χ2v) is 3.81. The Labute approximate surface area is 110 Å². The first-order chi connectivity index (χ1) is 9.22. The monoisotopic (exact) mass is 258 g/mol. The van der Waals surface area contributed by atoms with Gasteiger partial charge >= 0.3 is 0 Å². The molecular weight excluding hydrogens is 244 g/mol. The number of amides is 1. The van der Waals surface area contributed by atoms with E-state index in [4.69, 9.17) is 10.5 Å². The molecule has 6 heteroatoms. The predicted octanol–water partition coefficient (Wildman–Crippen LogP) is 0.997. The van der Waals surface area contributed by atoms with Gasteiger partial charge in [-0.05, 0) is 18.2 Å². The lowest BCUT2D eigenvalue weighted by Gasteiger charge is -2.11. The van der Waals surface area contributed by atoms with Gasteiger partial charge in [-0.25, -0.2) is 9.97 Å². The van der Waals surface area contributed by atoms with Crippen molar-refractivity contribution in [2.45, 2.75) is 6.54 Å². The van der Waals surface area contributed by atoms with E-state index in [9.17, 15) is 4.79 Å². The van der Waals surface area contributed by atoms with E-state index in [1.54, 1.807) is 30.5 Å². The van der Waals surface area contributed by atoms with Gasteiger partial charge in [-0.2, -0.15) is 0 Å². The highest BCUT2D eigenvalue weighted by Gasteiger charge is 2.15. The van der Waals surface area contributed by atoms with Crippen molar-refractivity contribution in [1.29, 1.82) is 0 Å². The van der Waals surface area contributed by atoms with Crippen molar-refractivity contribution in [3.8, 4) is 5.75 Å². The van der Waals surface area contributed by atoms with Crippen LogP contribution >= 0.6 is 0 Å². The van der Waals surface area contributed by atoms with Gasteiger partial charge in [-0.3, -0.25) is 4.79 Å². The highest BCUT2D eigenvalue weighted by molar-refractivity contribution is 6.01. The summed E-state index contributed by atoms with van der Waals surface area (Å²) in [6, 6.07) is 6.80. The van der Waals surface area contributed by atoms with Gasteiger partial charge in [0.2, 0.25) is 0 Å². The Hall–Kier alpha value is -2.63. The molecule has 6 nitrogen and oxygen atoms in total. The maximum Gasteiger partial charge on any atom is 0.257 e. The molecule has 2 aromatic rings. The van der Waals surface area contributed by atoms with Crippen LogP contribution < -0.4 is 15.8 Å². The third kappa shape index (κ3) is 2.98. The fraction of sp³-hybridized carbons (Fsp3) is 0.154. The number of methoxy groups -OCH3 is 1. The number of ether oxygens (including phenoxy) is 1. The zero-order chi connectivity index (χ0) is 13.7. The Morgan fingerprint density at radius 3 is 2.95 bits per heavy atom. The SMILES string of the molecule is COc1cccc(N)c1C(=O)NCc1ccncn1. The Kier molecular flexibility index (Phi) is 3.92. The second-order valence-electron chi connectivity index (χ2n) is 3.81. The molecule has 0 radical (unpaired) electrons. The fourth-order valence-corrected chi connectivity index (χ4v) is 1.64. The summed E-state index contributed by atoms with van der Waals surface area (Å²) < 4.78 is 5.13. The average Bonchev–Trinajstić information content (AvgIpc) is 2.45. The molecule has 0 aliphatic heterocycles. The lowest BCUT2D eigenvalue weighted by atomic mass is 10.1. The lowest BCUT2D eigenvalue weighted by Crippen LogP contribution is -2.24. The number of carbonyl (C=O) groups excluding carboxylic acids is 1. The van der Waals surface area contributed by atoms with Crippen LogP contribution in [-0.2, 0) is 6.54 Å². The van der Waals surface area contributed by atoms with Gasteiger partial charge in [0.05, 0.1) is 19.3 Å². The highest BCUT2D eigenvalue weighted by atomic mass is 16.5. The number of hydrogen-bond acceptors (Lipinski definition) is 5. The molecule has 0 saturated heterocycles. The van der Waals surface area contributed by atoms with Crippen LogP contribution in [0.3, 0.4) is 0 Å². The summed E-state index contributed by atoms with van der Waals surface area (Å²) in [5.74, 6) is 0.147. The third-order valence-electron chi connectivity index (χ3n) is 2.58. The highest BCUT2D eigenvalue weighted by Crippen LogP contribution is 2.23. The summed E-state index contributed by atoms with van der Waals surface area (Å²) in [4.78, 5) is 19.9. The standard InChI is InChI=1S/C13H14N4O2/c1-19-11-4-2-3-10(14)12(11)13(18)16-7-9-5-6-15-8-17-9/h2-6,8H,7,14H2,1H3,(H,16,18). The molecule has 0 bridgehead atoms. The number of anilines is 1. The van der Waals surface area contributed by atoms with E-state index in [1.165, 1.54) is 13.4 Å². The summed E-state index contributed by atoms with van der Waals surface area (Å²) in [5.41, 5.74) is 7.23. The summed E-state index contributed by atoms with van der Waals surface area (Å²) in [6.07, 6.45) is 3.05. The number of aromatic nitrogens is 2. The molecule has 1 aromatic heterocycles. The smallest absolute Gasteiger partial charge is 0.257 e. The van der Waals surface area contributed by atoms with Gasteiger partial charge in [0.15, 0.2) is 0 Å². The summed E-state index contributed by atoms with van der Waals surface area (Å²) in [7, 11) is 1.50. The van der Waals surface area contributed by atoms with Gasteiger partial charge in [0.25, 0.3) is 5.91 Å². The first-order valence-electron chi connectivity index (χ1n) is 5.68. The van der Waals surface area contributed by atoms with Crippen molar-refractivity contribution in [2.75, 3.05) is 12.8 Å². The number of nitrogens with zero attached hydrogens (tertiary/aromatic N) is 2. The summed E-state index contributed by atoms with van der Waals surface area (Å²) >= 11 is 0. The number of nitrogens with one attached hydrogen (secondary N) is 1. The van der Waals surface area contributed by atoms with E-state index in [0.717, 1.165) is 5.69 Å². The minimum absolute atomic E-state index is 0.298. The summed E-state index contributed by atoms with van der Waals surface area (Å²) in [6.45, 7) is 0.304. The van der Waals surface area contributed by atoms with Crippen LogP contribution in [0.25, 0.3) is 0 Å². The van der Waals surface area contributed by atoms with Crippen LogP contribution in [0.1, 0.15) is 16.1 Å². The van der Waals surface area contributed by atoms with Crippen molar-refractivity contribution >= 4 is 11.6 Å². The van der Waals surface area contributed by atoms with Gasteiger partial charge in [0.1, 0.15) is 17.6 Å². The van der Waals surface area contributed by atoms with E-state index in [-0.39, 0.29) is 5.91 Å². The molecule has 0 atom stereocenters. The summed E-state index contributed by atoms with van der Waals surface area (Å²) in [5, 5.41) is 2.74. The van der Waals surface area contributed by atoms with Gasteiger partial charge in [-0.15, -0.1) is 0 Å². The van der Waals surface area contributed by atoms with E-state index in [0.29, 0.717) is 23.5 Å². The molecule has 1 amide bonds. The molecule has 0 aliphatic rings. The number of carbonyl (C=O) groups is 1. The van der Waals surface area contributed by atoms with Crippen LogP contribution in [-0.4, -0.2) is 23.0 Å². The maximum atomic E-state index is 12.1. The lowest BCUT2D eigenvalue weighted by molar-refractivity contribution is 0.0948. The van der Waals surface area contributed by atoms with Crippen LogP contribution in [0.2, 0.25) is 0 Å². The zero-order valence-corrected chi connectivity index (χ0v) is 10.5. The first-order valence-corrected chi connectivity index (χ1v) is 5.68. The number of nitrogen functional groups attached to an aromatic ring is 1. The molecule has 0 saturated carbocycles. The predicted molar refractivity (Wildman–Crippen MR) is 70.6 cm³/mol. The molecule has 0 aliphatic carbocycles. The molecule has 2 rings (SSSR count). The van der Waals surface area contributed by atoms with Crippen molar-refractivity contribution < 1.29 is 9.53 Å². The number of hydrogen-bond donors (Lipinski definition) is 2. The van der Waals surface area contributed by atoms with Crippen LogP contribution in [0, 0.1) is 0 Å². The van der Waals surface area contributed by atoms with E-state index in [1.807, 2.05) is 0 Å². The Morgan fingerprint density at radius 2 is 2.26 bits per heavy atom. The molecule has 3 N–H and O–H groups in total. The largest absolute Gasteiger partial charge is 0.496 e. The van der Waals surface area contributed by atoms with E-state index < -0.39 is 0 Å². The third-order valence-corrected chi connectivity index (χ3v) is 2.58. The van der Waals surface area contributed by atoms with Gasteiger partial charge in [-0.1, -0.05) is 6.07 Å². The first kappa shape index (κ1) is 12.8. The second kappa shape index (κ2) is 5.81. The molecule has 1 aromatic carbocycles. The van der Waals surface area contributed by atoms with Gasteiger partial charge < -0.3 is 15.8 Å². The fourth-order valence-electron chi connectivity index (χ4n) is 1.64. The zero-order valence-electron chi connectivity index (χ0n) is 10.5. The Morgan fingerprint density at radius 1 is 1.42 bits per heavy atom.